The normalized spacial score (nSPS) is 22.0. The van der Waals surface area contributed by atoms with Crippen LogP contribution in [0.15, 0.2) is 0 Å². The molecule has 0 aromatic carbocycles. The predicted molar refractivity (Wildman–Crippen MR) is 55.9 cm³/mol. The zero-order valence-electron chi connectivity index (χ0n) is 8.09. The third kappa shape index (κ3) is 3.29. The predicted octanol–water partition coefficient (Wildman–Crippen LogP) is 2.89. The molecule has 0 spiro atoms. The molecule has 1 aliphatic carbocycles. The van der Waals surface area contributed by atoms with Crippen LogP contribution in [0.1, 0.15) is 38.5 Å². The summed E-state index contributed by atoms with van der Waals surface area (Å²) in [7, 11) is 1.45. The Kier molecular flexibility index (Phi) is 4.78. The molecule has 1 rings (SSSR count). The second-order valence-electron chi connectivity index (χ2n) is 3.68. The summed E-state index contributed by atoms with van der Waals surface area (Å²) >= 11 is 3.43. The van der Waals surface area contributed by atoms with E-state index < -0.39 is 0 Å². The lowest BCUT2D eigenvalue weighted by atomic mass is 9.97. The molecule has 0 aromatic heterocycles. The van der Waals surface area contributed by atoms with Crippen molar-refractivity contribution in [3.05, 3.63) is 0 Å². The van der Waals surface area contributed by atoms with Gasteiger partial charge in [-0.1, -0.05) is 41.6 Å². The Morgan fingerprint density at radius 3 is 2.31 bits per heavy atom. The molecule has 0 amide bonds. The number of esters is 1. The number of hydrogen-bond donors (Lipinski definition) is 0. The maximum Gasteiger partial charge on any atom is 0.319 e. The van der Waals surface area contributed by atoms with E-state index in [-0.39, 0.29) is 10.8 Å². The summed E-state index contributed by atoms with van der Waals surface area (Å²) in [6.45, 7) is 0. The van der Waals surface area contributed by atoms with Crippen LogP contribution in [0.5, 0.6) is 0 Å². The average molecular weight is 249 g/mol. The Labute approximate surface area is 88.2 Å². The smallest absolute Gasteiger partial charge is 0.319 e. The van der Waals surface area contributed by atoms with E-state index in [1.165, 1.54) is 32.8 Å². The first-order valence-corrected chi connectivity index (χ1v) is 5.89. The van der Waals surface area contributed by atoms with Crippen LogP contribution in [-0.2, 0) is 9.53 Å². The Morgan fingerprint density at radius 1 is 1.31 bits per heavy atom. The molecule has 2 nitrogen and oxygen atoms in total. The Morgan fingerprint density at radius 2 is 1.85 bits per heavy atom. The zero-order chi connectivity index (χ0) is 9.68. The number of methoxy groups -OCH3 is 1. The van der Waals surface area contributed by atoms with Gasteiger partial charge < -0.3 is 4.74 Å². The number of carbonyl (C=O) groups excluding carboxylic acids is 1. The fourth-order valence-electron chi connectivity index (χ4n) is 1.91. The average Bonchev–Trinajstić information content (AvgIpc) is 2.43. The quantitative estimate of drug-likeness (QED) is 0.427. The van der Waals surface area contributed by atoms with Crippen molar-refractivity contribution in [3.63, 3.8) is 0 Å². The van der Waals surface area contributed by atoms with E-state index in [2.05, 4.69) is 15.9 Å². The van der Waals surface area contributed by atoms with Gasteiger partial charge >= 0.3 is 5.97 Å². The molecule has 1 fully saturated rings. The number of hydrogen-bond acceptors (Lipinski definition) is 2. The van der Waals surface area contributed by atoms with Crippen LogP contribution in [0.25, 0.3) is 0 Å². The third-order valence-corrected chi connectivity index (χ3v) is 3.86. The maximum atomic E-state index is 11.3. The fourth-order valence-corrected chi connectivity index (χ4v) is 2.62. The molecule has 1 unspecified atom stereocenters. The molecule has 0 aromatic rings. The first kappa shape index (κ1) is 11.0. The van der Waals surface area contributed by atoms with Gasteiger partial charge in [-0.2, -0.15) is 0 Å². The highest BCUT2D eigenvalue weighted by atomic mass is 79.9. The maximum absolute atomic E-state index is 11.3. The summed E-state index contributed by atoms with van der Waals surface area (Å²) in [5.41, 5.74) is 0. The van der Waals surface area contributed by atoms with Crippen LogP contribution in [0, 0.1) is 5.92 Å². The summed E-state index contributed by atoms with van der Waals surface area (Å²) in [6, 6.07) is 0. The fraction of sp³-hybridized carbons (Fsp3) is 0.900. The molecule has 76 valence electrons. The highest BCUT2D eigenvalue weighted by molar-refractivity contribution is 9.10. The number of rotatable bonds is 2. The molecule has 0 N–H and O–H groups in total. The molecule has 1 atom stereocenters. The lowest BCUT2D eigenvalue weighted by Crippen LogP contribution is -2.24. The van der Waals surface area contributed by atoms with Crippen molar-refractivity contribution >= 4 is 21.9 Å². The van der Waals surface area contributed by atoms with Gasteiger partial charge in [0, 0.05) is 0 Å². The van der Waals surface area contributed by atoms with E-state index in [0.29, 0.717) is 5.92 Å². The first-order chi connectivity index (χ1) is 6.25. The van der Waals surface area contributed by atoms with Gasteiger partial charge in [0.2, 0.25) is 0 Å². The van der Waals surface area contributed by atoms with Gasteiger partial charge in [0.15, 0.2) is 0 Å². The van der Waals surface area contributed by atoms with E-state index in [4.69, 9.17) is 4.74 Å². The van der Waals surface area contributed by atoms with Gasteiger partial charge in [-0.05, 0) is 18.8 Å². The van der Waals surface area contributed by atoms with Gasteiger partial charge in [0.25, 0.3) is 0 Å². The van der Waals surface area contributed by atoms with Crippen molar-refractivity contribution in [1.82, 2.24) is 0 Å². The highest BCUT2D eigenvalue weighted by Gasteiger charge is 2.26. The SMILES string of the molecule is COC(=O)C(Br)C1CCCCCC1. The van der Waals surface area contributed by atoms with Gasteiger partial charge in [0.1, 0.15) is 4.83 Å². The lowest BCUT2D eigenvalue weighted by molar-refractivity contribution is -0.140. The van der Waals surface area contributed by atoms with E-state index in [0.717, 1.165) is 12.8 Å². The van der Waals surface area contributed by atoms with Crippen molar-refractivity contribution in [2.45, 2.75) is 43.4 Å². The Bertz CT molecular complexity index is 162. The minimum Gasteiger partial charge on any atom is -0.468 e. The van der Waals surface area contributed by atoms with Crippen molar-refractivity contribution < 1.29 is 9.53 Å². The second kappa shape index (κ2) is 5.63. The zero-order valence-corrected chi connectivity index (χ0v) is 9.68. The molecule has 0 bridgehead atoms. The number of alkyl halides is 1. The summed E-state index contributed by atoms with van der Waals surface area (Å²) in [5, 5.41) is 0. The van der Waals surface area contributed by atoms with Crippen LogP contribution in [0.3, 0.4) is 0 Å². The third-order valence-electron chi connectivity index (χ3n) is 2.74. The van der Waals surface area contributed by atoms with Crippen molar-refractivity contribution in [1.29, 1.82) is 0 Å². The summed E-state index contributed by atoms with van der Waals surface area (Å²) < 4.78 is 4.72. The van der Waals surface area contributed by atoms with Crippen LogP contribution in [0.4, 0.5) is 0 Å². The number of carbonyl (C=O) groups is 1. The monoisotopic (exact) mass is 248 g/mol. The molecule has 13 heavy (non-hydrogen) atoms. The van der Waals surface area contributed by atoms with Gasteiger partial charge in [-0.15, -0.1) is 0 Å². The van der Waals surface area contributed by atoms with E-state index in [1.54, 1.807) is 0 Å². The molecule has 1 saturated carbocycles. The highest BCUT2D eigenvalue weighted by Crippen LogP contribution is 2.29. The second-order valence-corrected chi connectivity index (χ2v) is 4.66. The Hall–Kier alpha value is -0.0500. The molecule has 0 aliphatic heterocycles. The van der Waals surface area contributed by atoms with E-state index in [1.807, 2.05) is 0 Å². The standard InChI is InChI=1S/C10H17BrO2/c1-13-10(12)9(11)8-6-4-2-3-5-7-8/h8-9H,2-7H2,1H3. The molecule has 0 saturated heterocycles. The van der Waals surface area contributed by atoms with Gasteiger partial charge in [0.05, 0.1) is 7.11 Å². The van der Waals surface area contributed by atoms with Crippen molar-refractivity contribution in [2.75, 3.05) is 7.11 Å². The molecule has 0 heterocycles. The lowest BCUT2D eigenvalue weighted by Gasteiger charge is -2.18. The van der Waals surface area contributed by atoms with Crippen LogP contribution in [0.2, 0.25) is 0 Å². The van der Waals surface area contributed by atoms with E-state index in [9.17, 15) is 4.79 Å². The first-order valence-electron chi connectivity index (χ1n) is 4.97. The molecular formula is C10H17BrO2. The summed E-state index contributed by atoms with van der Waals surface area (Å²) in [6.07, 6.45) is 7.46. The van der Waals surface area contributed by atoms with Crippen molar-refractivity contribution in [3.8, 4) is 0 Å². The summed E-state index contributed by atoms with van der Waals surface area (Å²) in [4.78, 5) is 11.2. The Balaban J connectivity index is 2.43. The minimum atomic E-state index is -0.119. The number of halogens is 1. The van der Waals surface area contributed by atoms with E-state index >= 15 is 0 Å². The van der Waals surface area contributed by atoms with Crippen LogP contribution < -0.4 is 0 Å². The molecule has 1 aliphatic rings. The topological polar surface area (TPSA) is 26.3 Å². The molecular weight excluding hydrogens is 232 g/mol. The molecule has 3 heteroatoms. The minimum absolute atomic E-state index is 0.0874. The van der Waals surface area contributed by atoms with Crippen LogP contribution in [-0.4, -0.2) is 17.9 Å². The van der Waals surface area contributed by atoms with Crippen LogP contribution >= 0.6 is 15.9 Å². The largest absolute Gasteiger partial charge is 0.468 e. The number of ether oxygens (including phenoxy) is 1. The summed E-state index contributed by atoms with van der Waals surface area (Å²) in [5.74, 6) is 0.363. The van der Waals surface area contributed by atoms with Gasteiger partial charge in [-0.3, -0.25) is 4.79 Å². The van der Waals surface area contributed by atoms with Gasteiger partial charge in [-0.25, -0.2) is 0 Å². The van der Waals surface area contributed by atoms with Crippen molar-refractivity contribution in [2.24, 2.45) is 5.92 Å². The molecule has 0 radical (unpaired) electrons.